The van der Waals surface area contributed by atoms with Crippen LogP contribution < -0.4 is 0 Å². The van der Waals surface area contributed by atoms with Gasteiger partial charge in [0.2, 0.25) is 0 Å². The molecule has 0 aliphatic rings. The third-order valence-corrected chi connectivity index (χ3v) is 3.82. The van der Waals surface area contributed by atoms with Gasteiger partial charge in [0.1, 0.15) is 0 Å². The molecule has 1 unspecified atom stereocenters. The molecular weight excluding hydrogens is 130 g/mol. The van der Waals surface area contributed by atoms with Crippen LogP contribution in [-0.2, 0) is 4.74 Å². The van der Waals surface area contributed by atoms with Gasteiger partial charge in [-0.3, -0.25) is 0 Å². The van der Waals surface area contributed by atoms with Crippen LogP contribution in [0.3, 0.4) is 0 Å². The van der Waals surface area contributed by atoms with Crippen molar-refractivity contribution in [1.82, 2.24) is 4.57 Å². The largest absolute Gasteiger partial charge is 0.386 e. The van der Waals surface area contributed by atoms with Crippen molar-refractivity contribution in [3.8, 4) is 0 Å². The number of ether oxygens (including phenoxy) is 1. The molecule has 0 fully saturated rings. The van der Waals surface area contributed by atoms with Gasteiger partial charge in [0, 0.05) is 7.11 Å². The highest BCUT2D eigenvalue weighted by Crippen LogP contribution is 1.87. The van der Waals surface area contributed by atoms with E-state index in [9.17, 15) is 0 Å². The van der Waals surface area contributed by atoms with Gasteiger partial charge in [-0.2, -0.15) is 0 Å². The van der Waals surface area contributed by atoms with Crippen LogP contribution in [0.4, 0.5) is 0 Å². The predicted molar refractivity (Wildman–Crippen MR) is 42.9 cm³/mol. The second-order valence-electron chi connectivity index (χ2n) is 2.22. The third-order valence-electron chi connectivity index (χ3n) is 1.27. The summed E-state index contributed by atoms with van der Waals surface area (Å²) >= 11 is 0. The standard InChI is InChI=1S/C6H15NOSi/c1-5-9(6-8-4)7(2)3/h5,9H,1,6H2,2-4H3. The van der Waals surface area contributed by atoms with Gasteiger partial charge in [-0.1, -0.05) is 5.70 Å². The summed E-state index contributed by atoms with van der Waals surface area (Å²) in [5.74, 6) is 0. The average molecular weight is 145 g/mol. The minimum absolute atomic E-state index is 0.858. The van der Waals surface area contributed by atoms with Crippen LogP contribution in [0, 0.1) is 0 Å². The normalized spacial score (nSPS) is 13.8. The molecule has 0 N–H and O–H groups in total. The Morgan fingerprint density at radius 3 is 2.33 bits per heavy atom. The van der Waals surface area contributed by atoms with Gasteiger partial charge in [-0.05, 0) is 14.1 Å². The smallest absolute Gasteiger partial charge is 0.162 e. The first-order chi connectivity index (χ1) is 4.22. The molecule has 54 valence electrons. The first kappa shape index (κ1) is 8.88. The van der Waals surface area contributed by atoms with Gasteiger partial charge < -0.3 is 9.30 Å². The number of hydrogen-bond acceptors (Lipinski definition) is 2. The van der Waals surface area contributed by atoms with Gasteiger partial charge in [-0.25, -0.2) is 0 Å². The summed E-state index contributed by atoms with van der Waals surface area (Å²) in [4.78, 5) is 0. The first-order valence-electron chi connectivity index (χ1n) is 3.00. The van der Waals surface area contributed by atoms with Crippen LogP contribution in [-0.4, -0.2) is 41.0 Å². The maximum atomic E-state index is 5.00. The fourth-order valence-corrected chi connectivity index (χ4v) is 1.80. The molecular formula is C6H15NOSi. The monoisotopic (exact) mass is 145 g/mol. The topological polar surface area (TPSA) is 12.5 Å². The summed E-state index contributed by atoms with van der Waals surface area (Å²) in [6.07, 6.45) is 0.858. The highest BCUT2D eigenvalue weighted by molar-refractivity contribution is 6.61. The highest BCUT2D eigenvalue weighted by atomic mass is 28.3. The molecule has 3 heteroatoms. The van der Waals surface area contributed by atoms with E-state index in [0.717, 1.165) is 6.23 Å². The molecule has 0 amide bonds. The van der Waals surface area contributed by atoms with Crippen LogP contribution >= 0.6 is 0 Å². The Hall–Kier alpha value is -0.123. The Kier molecular flexibility index (Phi) is 4.66. The number of hydrogen-bond donors (Lipinski definition) is 0. The average Bonchev–Trinajstić information content (AvgIpc) is 1.82. The van der Waals surface area contributed by atoms with E-state index in [1.54, 1.807) is 7.11 Å². The highest BCUT2D eigenvalue weighted by Gasteiger charge is 2.06. The van der Waals surface area contributed by atoms with Gasteiger partial charge in [0.25, 0.3) is 0 Å². The molecule has 0 aromatic rings. The zero-order valence-electron chi connectivity index (χ0n) is 6.42. The van der Waals surface area contributed by atoms with Crippen molar-refractivity contribution in [3.63, 3.8) is 0 Å². The van der Waals surface area contributed by atoms with Crippen LogP contribution in [0.25, 0.3) is 0 Å². The maximum Gasteiger partial charge on any atom is 0.162 e. The lowest BCUT2D eigenvalue weighted by molar-refractivity contribution is 0.244. The molecule has 0 aliphatic heterocycles. The van der Waals surface area contributed by atoms with Crippen molar-refractivity contribution < 1.29 is 4.74 Å². The molecule has 0 heterocycles. The Labute approximate surface area is 58.8 Å². The summed E-state index contributed by atoms with van der Waals surface area (Å²) in [5.41, 5.74) is 2.02. The quantitative estimate of drug-likeness (QED) is 0.523. The molecule has 9 heavy (non-hydrogen) atoms. The SMILES string of the molecule is C=C[SiH](COC)N(C)C. The Bertz CT molecular complexity index is 85.1. The predicted octanol–water partition coefficient (Wildman–Crippen LogP) is 0.183. The van der Waals surface area contributed by atoms with Crippen molar-refractivity contribution >= 4 is 8.96 Å². The van der Waals surface area contributed by atoms with Gasteiger partial charge >= 0.3 is 0 Å². The molecule has 0 aromatic heterocycles. The van der Waals surface area contributed by atoms with Crippen molar-refractivity contribution in [2.75, 3.05) is 27.4 Å². The number of rotatable bonds is 4. The van der Waals surface area contributed by atoms with Crippen molar-refractivity contribution in [2.45, 2.75) is 0 Å². The van der Waals surface area contributed by atoms with E-state index in [1.165, 1.54) is 0 Å². The third kappa shape index (κ3) is 3.45. The molecule has 0 saturated heterocycles. The Balaban J connectivity index is 3.54. The fourth-order valence-electron chi connectivity index (χ4n) is 0.599. The van der Waals surface area contributed by atoms with E-state index in [4.69, 9.17) is 4.74 Å². The molecule has 0 bridgehead atoms. The molecule has 0 rings (SSSR count). The van der Waals surface area contributed by atoms with E-state index >= 15 is 0 Å². The molecule has 0 aromatic carbocycles. The second kappa shape index (κ2) is 4.73. The number of methoxy groups -OCH3 is 1. The summed E-state index contributed by atoms with van der Waals surface area (Å²) in [6.45, 7) is 3.74. The van der Waals surface area contributed by atoms with Gasteiger partial charge in [0.15, 0.2) is 8.96 Å². The Morgan fingerprint density at radius 1 is 1.67 bits per heavy atom. The van der Waals surface area contributed by atoms with Crippen LogP contribution in [0.1, 0.15) is 0 Å². The lowest BCUT2D eigenvalue weighted by atomic mass is 11.2. The van der Waals surface area contributed by atoms with E-state index in [-0.39, 0.29) is 0 Å². The number of nitrogens with zero attached hydrogens (tertiary/aromatic N) is 1. The van der Waals surface area contributed by atoms with Gasteiger partial charge in [0.05, 0.1) is 6.23 Å². The fraction of sp³-hybridized carbons (Fsp3) is 0.667. The van der Waals surface area contributed by atoms with E-state index < -0.39 is 8.96 Å². The maximum absolute atomic E-state index is 5.00. The summed E-state index contributed by atoms with van der Waals surface area (Å²) in [5, 5.41) is 0. The van der Waals surface area contributed by atoms with Crippen molar-refractivity contribution in [3.05, 3.63) is 12.3 Å². The lowest BCUT2D eigenvalue weighted by Gasteiger charge is -2.17. The van der Waals surface area contributed by atoms with E-state index in [2.05, 4.69) is 25.2 Å². The zero-order chi connectivity index (χ0) is 7.28. The molecule has 1 atom stereocenters. The molecule has 0 aliphatic carbocycles. The Morgan fingerprint density at radius 2 is 2.22 bits per heavy atom. The summed E-state index contributed by atoms with van der Waals surface area (Å²) in [6, 6.07) is 0. The summed E-state index contributed by atoms with van der Waals surface area (Å²) < 4.78 is 7.21. The molecule has 0 saturated carbocycles. The summed E-state index contributed by atoms with van der Waals surface area (Å²) in [7, 11) is 4.95. The van der Waals surface area contributed by atoms with Crippen LogP contribution in [0.5, 0.6) is 0 Å². The van der Waals surface area contributed by atoms with Crippen LogP contribution in [0.2, 0.25) is 0 Å². The van der Waals surface area contributed by atoms with Crippen molar-refractivity contribution in [1.29, 1.82) is 0 Å². The first-order valence-corrected chi connectivity index (χ1v) is 5.00. The van der Waals surface area contributed by atoms with Gasteiger partial charge in [-0.15, -0.1) is 6.58 Å². The molecule has 0 radical (unpaired) electrons. The zero-order valence-corrected chi connectivity index (χ0v) is 7.58. The second-order valence-corrected chi connectivity index (χ2v) is 5.19. The lowest BCUT2D eigenvalue weighted by Crippen LogP contribution is -2.35. The van der Waals surface area contributed by atoms with Crippen LogP contribution in [0.15, 0.2) is 12.3 Å². The molecule has 0 spiro atoms. The van der Waals surface area contributed by atoms with E-state index in [0.29, 0.717) is 0 Å². The van der Waals surface area contributed by atoms with Crippen molar-refractivity contribution in [2.24, 2.45) is 0 Å². The minimum atomic E-state index is -0.911. The molecule has 2 nitrogen and oxygen atoms in total. The van der Waals surface area contributed by atoms with E-state index in [1.807, 2.05) is 5.70 Å². The minimum Gasteiger partial charge on any atom is -0.386 e.